The van der Waals surface area contributed by atoms with Gasteiger partial charge in [-0.15, -0.1) is 0 Å². The Morgan fingerprint density at radius 2 is 2.44 bits per heavy atom. The minimum Gasteiger partial charge on any atom is -0.392 e. The van der Waals surface area contributed by atoms with Gasteiger partial charge in [-0.05, 0) is 24.6 Å². The smallest absolute Gasteiger partial charge is 0.238 e. The summed E-state index contributed by atoms with van der Waals surface area (Å²) in [6, 6.07) is 8.82. The van der Waals surface area contributed by atoms with Gasteiger partial charge in [-0.25, -0.2) is 0 Å². The Balaban J connectivity index is 1.89. The highest BCUT2D eigenvalue weighted by Gasteiger charge is 2.21. The van der Waals surface area contributed by atoms with Crippen LogP contribution in [0.15, 0.2) is 24.3 Å². The Hall–Kier alpha value is -1.90. The SMILES string of the molecule is N#Cc1cccc(NC(=O)CN2CC[C@@H](O)C2)c1. The van der Waals surface area contributed by atoms with Gasteiger partial charge in [-0.3, -0.25) is 9.69 Å². The standard InChI is InChI=1S/C13H15N3O2/c14-7-10-2-1-3-11(6-10)15-13(18)9-16-5-4-12(17)8-16/h1-3,6,12,17H,4-5,8-9H2,(H,15,18)/t12-/m1/s1. The predicted octanol–water partition coefficient (Wildman–Crippen LogP) is 0.563. The molecule has 0 bridgehead atoms. The van der Waals surface area contributed by atoms with Crippen molar-refractivity contribution in [2.75, 3.05) is 25.0 Å². The number of hydrogen-bond donors (Lipinski definition) is 2. The normalized spacial score (nSPS) is 19.4. The van der Waals surface area contributed by atoms with Crippen LogP contribution < -0.4 is 5.32 Å². The van der Waals surface area contributed by atoms with Crippen molar-refractivity contribution in [3.05, 3.63) is 29.8 Å². The average Bonchev–Trinajstić information content (AvgIpc) is 2.74. The molecule has 0 unspecified atom stereocenters. The molecule has 1 aromatic rings. The molecule has 1 amide bonds. The monoisotopic (exact) mass is 245 g/mol. The molecular weight excluding hydrogens is 230 g/mol. The molecule has 94 valence electrons. The number of amides is 1. The first kappa shape index (κ1) is 12.6. The van der Waals surface area contributed by atoms with Crippen LogP contribution in [0.5, 0.6) is 0 Å². The van der Waals surface area contributed by atoms with Crippen LogP contribution in [-0.4, -0.2) is 41.7 Å². The molecule has 5 nitrogen and oxygen atoms in total. The van der Waals surface area contributed by atoms with E-state index in [0.29, 0.717) is 17.8 Å². The number of nitrogens with one attached hydrogen (secondary N) is 1. The highest BCUT2D eigenvalue weighted by molar-refractivity contribution is 5.92. The van der Waals surface area contributed by atoms with E-state index in [2.05, 4.69) is 5.32 Å². The van der Waals surface area contributed by atoms with Gasteiger partial charge in [0.2, 0.25) is 5.91 Å². The lowest BCUT2D eigenvalue weighted by Gasteiger charge is -2.14. The van der Waals surface area contributed by atoms with Gasteiger partial charge < -0.3 is 10.4 Å². The van der Waals surface area contributed by atoms with Gasteiger partial charge >= 0.3 is 0 Å². The summed E-state index contributed by atoms with van der Waals surface area (Å²) < 4.78 is 0. The number of anilines is 1. The third kappa shape index (κ3) is 3.29. The molecule has 1 saturated heterocycles. The van der Waals surface area contributed by atoms with Gasteiger partial charge in [0.15, 0.2) is 0 Å². The van der Waals surface area contributed by atoms with Crippen LogP contribution >= 0.6 is 0 Å². The van der Waals surface area contributed by atoms with Crippen molar-refractivity contribution in [2.45, 2.75) is 12.5 Å². The molecule has 0 saturated carbocycles. The Morgan fingerprint density at radius 3 is 3.11 bits per heavy atom. The first-order valence-corrected chi connectivity index (χ1v) is 5.88. The number of aliphatic hydroxyl groups is 1. The van der Waals surface area contributed by atoms with Crippen LogP contribution in [0, 0.1) is 11.3 Å². The zero-order valence-electron chi connectivity index (χ0n) is 9.97. The van der Waals surface area contributed by atoms with Crippen LogP contribution in [0.4, 0.5) is 5.69 Å². The average molecular weight is 245 g/mol. The number of aliphatic hydroxyl groups excluding tert-OH is 1. The summed E-state index contributed by atoms with van der Waals surface area (Å²) in [7, 11) is 0. The molecule has 0 spiro atoms. The first-order chi connectivity index (χ1) is 8.67. The lowest BCUT2D eigenvalue weighted by molar-refractivity contribution is -0.117. The van der Waals surface area contributed by atoms with Crippen LogP contribution in [0.2, 0.25) is 0 Å². The quantitative estimate of drug-likeness (QED) is 0.816. The van der Waals surface area contributed by atoms with E-state index in [1.165, 1.54) is 0 Å². The Labute approximate surface area is 106 Å². The molecule has 0 aliphatic carbocycles. The van der Waals surface area contributed by atoms with Crippen molar-refractivity contribution in [2.24, 2.45) is 0 Å². The van der Waals surface area contributed by atoms with E-state index in [1.807, 2.05) is 11.0 Å². The Bertz CT molecular complexity index is 481. The number of carbonyl (C=O) groups is 1. The van der Waals surface area contributed by atoms with Crippen molar-refractivity contribution < 1.29 is 9.90 Å². The van der Waals surface area contributed by atoms with E-state index in [-0.39, 0.29) is 18.6 Å². The summed E-state index contributed by atoms with van der Waals surface area (Å²) in [6.07, 6.45) is 0.400. The summed E-state index contributed by atoms with van der Waals surface area (Å²) >= 11 is 0. The van der Waals surface area contributed by atoms with Gasteiger partial charge in [0, 0.05) is 18.8 Å². The molecule has 1 aromatic carbocycles. The van der Waals surface area contributed by atoms with Crippen LogP contribution in [-0.2, 0) is 4.79 Å². The fourth-order valence-corrected chi connectivity index (χ4v) is 2.03. The summed E-state index contributed by atoms with van der Waals surface area (Å²) in [5, 5.41) is 20.9. The summed E-state index contributed by atoms with van der Waals surface area (Å²) in [5.41, 5.74) is 1.14. The molecule has 2 rings (SSSR count). The number of likely N-dealkylation sites (tertiary alicyclic amines) is 1. The number of rotatable bonds is 3. The molecule has 2 N–H and O–H groups in total. The number of nitrogens with zero attached hydrogens (tertiary/aromatic N) is 2. The van der Waals surface area contributed by atoms with Crippen LogP contribution in [0.3, 0.4) is 0 Å². The van der Waals surface area contributed by atoms with Crippen molar-refractivity contribution in [1.29, 1.82) is 5.26 Å². The summed E-state index contributed by atoms with van der Waals surface area (Å²) in [6.45, 7) is 1.56. The maximum Gasteiger partial charge on any atom is 0.238 e. The van der Waals surface area contributed by atoms with Crippen molar-refractivity contribution in [1.82, 2.24) is 4.90 Å². The number of benzene rings is 1. The molecule has 1 aliphatic rings. The summed E-state index contributed by atoms with van der Waals surface area (Å²) in [4.78, 5) is 13.7. The number of β-amino-alcohol motifs (C(OH)–C–C–N with tert-alkyl or cyclic N) is 1. The molecular formula is C13H15N3O2. The van der Waals surface area contributed by atoms with Crippen LogP contribution in [0.1, 0.15) is 12.0 Å². The molecule has 1 atom stereocenters. The van der Waals surface area contributed by atoms with E-state index in [9.17, 15) is 9.90 Å². The predicted molar refractivity (Wildman–Crippen MR) is 66.9 cm³/mol. The number of nitriles is 1. The minimum absolute atomic E-state index is 0.126. The van der Waals surface area contributed by atoms with Gasteiger partial charge in [0.1, 0.15) is 0 Å². The minimum atomic E-state index is -0.320. The number of hydrogen-bond acceptors (Lipinski definition) is 4. The highest BCUT2D eigenvalue weighted by Crippen LogP contribution is 2.11. The molecule has 1 heterocycles. The van der Waals surface area contributed by atoms with E-state index in [1.54, 1.807) is 24.3 Å². The molecule has 1 aliphatic heterocycles. The lowest BCUT2D eigenvalue weighted by atomic mass is 10.2. The second kappa shape index (κ2) is 5.63. The van der Waals surface area contributed by atoms with Crippen molar-refractivity contribution >= 4 is 11.6 Å². The topological polar surface area (TPSA) is 76.4 Å². The Kier molecular flexibility index (Phi) is 3.92. The molecule has 18 heavy (non-hydrogen) atoms. The second-order valence-electron chi connectivity index (χ2n) is 4.42. The van der Waals surface area contributed by atoms with E-state index >= 15 is 0 Å². The van der Waals surface area contributed by atoms with Crippen LogP contribution in [0.25, 0.3) is 0 Å². The molecule has 1 fully saturated rings. The van der Waals surface area contributed by atoms with E-state index < -0.39 is 0 Å². The molecule has 0 aromatic heterocycles. The number of carbonyl (C=O) groups excluding carboxylic acids is 1. The first-order valence-electron chi connectivity index (χ1n) is 5.88. The van der Waals surface area contributed by atoms with Gasteiger partial charge in [0.05, 0.1) is 24.3 Å². The maximum atomic E-state index is 11.8. The molecule has 5 heteroatoms. The molecule has 0 radical (unpaired) electrons. The highest BCUT2D eigenvalue weighted by atomic mass is 16.3. The maximum absolute atomic E-state index is 11.8. The summed E-state index contributed by atoms with van der Waals surface area (Å²) in [5.74, 6) is -0.126. The largest absolute Gasteiger partial charge is 0.392 e. The second-order valence-corrected chi connectivity index (χ2v) is 4.42. The fraction of sp³-hybridized carbons (Fsp3) is 0.385. The Morgan fingerprint density at radius 1 is 1.61 bits per heavy atom. The fourth-order valence-electron chi connectivity index (χ4n) is 2.03. The third-order valence-electron chi connectivity index (χ3n) is 2.89. The van der Waals surface area contributed by atoms with E-state index in [4.69, 9.17) is 5.26 Å². The van der Waals surface area contributed by atoms with E-state index in [0.717, 1.165) is 13.0 Å². The van der Waals surface area contributed by atoms with Crippen molar-refractivity contribution in [3.8, 4) is 6.07 Å². The lowest BCUT2D eigenvalue weighted by Crippen LogP contribution is -2.32. The zero-order valence-corrected chi connectivity index (χ0v) is 9.97. The van der Waals surface area contributed by atoms with Gasteiger partial charge in [-0.2, -0.15) is 5.26 Å². The van der Waals surface area contributed by atoms with Gasteiger partial charge in [0.25, 0.3) is 0 Å². The van der Waals surface area contributed by atoms with Crippen molar-refractivity contribution in [3.63, 3.8) is 0 Å². The van der Waals surface area contributed by atoms with Gasteiger partial charge in [-0.1, -0.05) is 6.07 Å². The third-order valence-corrected chi connectivity index (χ3v) is 2.89. The zero-order chi connectivity index (χ0) is 13.0.